The molecule has 1 aromatic heterocycles. The second kappa shape index (κ2) is 6.24. The maximum Gasteiger partial charge on any atom is 0.411 e. The molecule has 0 unspecified atom stereocenters. The Hall–Kier alpha value is -2.01. The molecule has 5 heteroatoms. The first-order valence-electron chi connectivity index (χ1n) is 6.08. The Morgan fingerprint density at radius 1 is 1.42 bits per heavy atom. The van der Waals surface area contributed by atoms with Crippen LogP contribution in [0.3, 0.4) is 0 Å². The second-order valence-electron chi connectivity index (χ2n) is 4.04. The van der Waals surface area contributed by atoms with Gasteiger partial charge in [0, 0.05) is 4.88 Å². The molecule has 0 aliphatic rings. The van der Waals surface area contributed by atoms with Crippen molar-refractivity contribution >= 4 is 28.8 Å². The molecule has 1 amide bonds. The van der Waals surface area contributed by atoms with Gasteiger partial charge in [0.05, 0.1) is 18.0 Å². The first-order chi connectivity index (χ1) is 9.20. The lowest BCUT2D eigenvalue weighted by Gasteiger charge is -2.10. The molecule has 0 radical (unpaired) electrons. The van der Waals surface area contributed by atoms with Crippen molar-refractivity contribution in [2.24, 2.45) is 0 Å². The van der Waals surface area contributed by atoms with E-state index in [9.17, 15) is 4.79 Å². The molecule has 0 bridgehead atoms. The van der Waals surface area contributed by atoms with E-state index in [-0.39, 0.29) is 0 Å². The molecule has 2 rings (SSSR count). The Morgan fingerprint density at radius 3 is 2.95 bits per heavy atom. The van der Waals surface area contributed by atoms with Gasteiger partial charge in [0.2, 0.25) is 0 Å². The minimum Gasteiger partial charge on any atom is -0.449 e. The summed E-state index contributed by atoms with van der Waals surface area (Å²) >= 11 is 1.64. The number of amides is 1. The Balaban J connectivity index is 2.16. The fraction of sp³-hybridized carbons (Fsp3) is 0.214. The van der Waals surface area contributed by atoms with Crippen LogP contribution >= 0.6 is 11.3 Å². The number of thiophene rings is 1. The van der Waals surface area contributed by atoms with E-state index in [0.29, 0.717) is 18.0 Å². The van der Waals surface area contributed by atoms with E-state index in [2.05, 4.69) is 5.32 Å². The van der Waals surface area contributed by atoms with Crippen LogP contribution in [0.5, 0.6) is 0 Å². The summed E-state index contributed by atoms with van der Waals surface area (Å²) in [4.78, 5) is 12.7. The van der Waals surface area contributed by atoms with Crippen molar-refractivity contribution in [3.63, 3.8) is 0 Å². The maximum atomic E-state index is 11.5. The molecule has 0 fully saturated rings. The summed E-state index contributed by atoms with van der Waals surface area (Å²) in [5.41, 5.74) is 7.97. The Labute approximate surface area is 116 Å². The van der Waals surface area contributed by atoms with Crippen LogP contribution in [0.15, 0.2) is 35.7 Å². The number of carbonyl (C=O) groups excluding carboxylic acids is 1. The standard InChI is InChI=1S/C14H16N2O2S/c1-2-7-18-14(17)16-12-9-10(5-6-11(12)15)13-4-3-8-19-13/h3-6,8-9H,2,7,15H2,1H3,(H,16,17). The van der Waals surface area contributed by atoms with Crippen molar-refractivity contribution in [3.8, 4) is 10.4 Å². The molecule has 1 heterocycles. The zero-order chi connectivity index (χ0) is 13.7. The van der Waals surface area contributed by atoms with E-state index in [0.717, 1.165) is 16.9 Å². The zero-order valence-electron chi connectivity index (χ0n) is 10.7. The van der Waals surface area contributed by atoms with Crippen LogP contribution in [0.1, 0.15) is 13.3 Å². The van der Waals surface area contributed by atoms with Crippen LogP contribution in [0.2, 0.25) is 0 Å². The van der Waals surface area contributed by atoms with E-state index in [1.807, 2.05) is 36.6 Å². The lowest BCUT2D eigenvalue weighted by atomic mass is 10.1. The molecule has 3 N–H and O–H groups in total. The Bertz CT molecular complexity index is 553. The number of hydrogen-bond donors (Lipinski definition) is 2. The van der Waals surface area contributed by atoms with Crippen LogP contribution in [0, 0.1) is 0 Å². The van der Waals surface area contributed by atoms with Crippen LogP contribution in [-0.4, -0.2) is 12.7 Å². The average molecular weight is 276 g/mol. The number of carbonyl (C=O) groups is 1. The fourth-order valence-electron chi connectivity index (χ4n) is 1.60. The van der Waals surface area contributed by atoms with Gasteiger partial charge < -0.3 is 10.5 Å². The van der Waals surface area contributed by atoms with Crippen molar-refractivity contribution in [3.05, 3.63) is 35.7 Å². The molecule has 19 heavy (non-hydrogen) atoms. The minimum atomic E-state index is -0.475. The van der Waals surface area contributed by atoms with Crippen LogP contribution in [0.25, 0.3) is 10.4 Å². The number of benzene rings is 1. The molecule has 0 aliphatic heterocycles. The molecular weight excluding hydrogens is 260 g/mol. The van der Waals surface area contributed by atoms with Crippen molar-refractivity contribution < 1.29 is 9.53 Å². The third-order valence-electron chi connectivity index (χ3n) is 2.53. The SMILES string of the molecule is CCCOC(=O)Nc1cc(-c2cccs2)ccc1N. The summed E-state index contributed by atoms with van der Waals surface area (Å²) in [6.45, 7) is 2.34. The number of anilines is 2. The summed E-state index contributed by atoms with van der Waals surface area (Å²) in [5.74, 6) is 0. The monoisotopic (exact) mass is 276 g/mol. The van der Waals surface area contributed by atoms with Gasteiger partial charge in [0.15, 0.2) is 0 Å². The molecule has 4 nitrogen and oxygen atoms in total. The maximum absolute atomic E-state index is 11.5. The normalized spacial score (nSPS) is 10.2. The van der Waals surface area contributed by atoms with Gasteiger partial charge in [-0.15, -0.1) is 11.3 Å². The summed E-state index contributed by atoms with van der Waals surface area (Å²) < 4.78 is 4.98. The van der Waals surface area contributed by atoms with E-state index in [1.54, 1.807) is 17.4 Å². The van der Waals surface area contributed by atoms with Crippen LogP contribution < -0.4 is 11.1 Å². The van der Waals surface area contributed by atoms with Gasteiger partial charge in [-0.1, -0.05) is 19.1 Å². The largest absolute Gasteiger partial charge is 0.449 e. The quantitative estimate of drug-likeness (QED) is 0.831. The lowest BCUT2D eigenvalue weighted by molar-refractivity contribution is 0.161. The third-order valence-corrected chi connectivity index (χ3v) is 3.45. The Kier molecular flexibility index (Phi) is 4.41. The number of nitrogen functional groups attached to an aromatic ring is 1. The molecule has 0 aliphatic carbocycles. The average Bonchev–Trinajstić information content (AvgIpc) is 2.93. The summed E-state index contributed by atoms with van der Waals surface area (Å²) in [5, 5.41) is 4.67. The third kappa shape index (κ3) is 3.48. The number of nitrogens with two attached hydrogens (primary N) is 1. The van der Waals surface area contributed by atoms with Gasteiger partial charge in [-0.2, -0.15) is 0 Å². The smallest absolute Gasteiger partial charge is 0.411 e. The molecule has 1 aromatic carbocycles. The predicted molar refractivity (Wildman–Crippen MR) is 79.4 cm³/mol. The molecule has 2 aromatic rings. The topological polar surface area (TPSA) is 64.3 Å². The van der Waals surface area contributed by atoms with Crippen molar-refractivity contribution in [2.75, 3.05) is 17.7 Å². The van der Waals surface area contributed by atoms with Crippen molar-refractivity contribution in [2.45, 2.75) is 13.3 Å². The number of rotatable bonds is 4. The number of hydrogen-bond acceptors (Lipinski definition) is 4. The zero-order valence-corrected chi connectivity index (χ0v) is 11.5. The van der Waals surface area contributed by atoms with Crippen molar-refractivity contribution in [1.82, 2.24) is 0 Å². The van der Waals surface area contributed by atoms with E-state index in [4.69, 9.17) is 10.5 Å². The summed E-state index contributed by atoms with van der Waals surface area (Å²) in [7, 11) is 0. The van der Waals surface area contributed by atoms with Crippen LogP contribution in [-0.2, 0) is 4.74 Å². The molecular formula is C14H16N2O2S. The van der Waals surface area contributed by atoms with Gasteiger partial charge in [0.25, 0.3) is 0 Å². The minimum absolute atomic E-state index is 0.399. The van der Waals surface area contributed by atoms with Crippen molar-refractivity contribution in [1.29, 1.82) is 0 Å². The molecule has 0 saturated heterocycles. The summed E-state index contributed by atoms with van der Waals surface area (Å²) in [6, 6.07) is 9.58. The molecule has 0 spiro atoms. The molecule has 100 valence electrons. The highest BCUT2D eigenvalue weighted by atomic mass is 32.1. The fourth-order valence-corrected chi connectivity index (χ4v) is 2.33. The van der Waals surface area contributed by atoms with Gasteiger partial charge in [0.1, 0.15) is 0 Å². The molecule has 0 saturated carbocycles. The highest BCUT2D eigenvalue weighted by Gasteiger charge is 2.08. The van der Waals surface area contributed by atoms with Gasteiger partial charge in [-0.05, 0) is 35.6 Å². The van der Waals surface area contributed by atoms with Gasteiger partial charge in [-0.25, -0.2) is 4.79 Å². The van der Waals surface area contributed by atoms with E-state index in [1.165, 1.54) is 0 Å². The highest BCUT2D eigenvalue weighted by Crippen LogP contribution is 2.30. The first kappa shape index (κ1) is 13.4. The van der Waals surface area contributed by atoms with E-state index >= 15 is 0 Å². The summed E-state index contributed by atoms with van der Waals surface area (Å²) in [6.07, 6.45) is 0.315. The first-order valence-corrected chi connectivity index (χ1v) is 6.96. The number of ether oxygens (including phenoxy) is 1. The second-order valence-corrected chi connectivity index (χ2v) is 4.99. The van der Waals surface area contributed by atoms with Gasteiger partial charge in [-0.3, -0.25) is 5.32 Å². The highest BCUT2D eigenvalue weighted by molar-refractivity contribution is 7.13. The predicted octanol–water partition coefficient (Wildman–Crippen LogP) is 3.96. The van der Waals surface area contributed by atoms with Gasteiger partial charge >= 0.3 is 6.09 Å². The van der Waals surface area contributed by atoms with E-state index < -0.39 is 6.09 Å². The lowest BCUT2D eigenvalue weighted by Crippen LogP contribution is -2.15. The number of nitrogens with one attached hydrogen (secondary N) is 1. The Morgan fingerprint density at radius 2 is 2.26 bits per heavy atom. The molecule has 0 atom stereocenters. The van der Waals surface area contributed by atoms with Crippen LogP contribution in [0.4, 0.5) is 16.2 Å².